The minimum absolute atomic E-state index is 0.279. The number of benzene rings is 1. The number of nitrogens with zero attached hydrogens (tertiary/aromatic N) is 2. The Bertz CT molecular complexity index is 692. The van der Waals surface area contributed by atoms with E-state index in [4.69, 9.17) is 4.74 Å². The van der Waals surface area contributed by atoms with E-state index in [0.717, 1.165) is 5.56 Å². The lowest BCUT2D eigenvalue weighted by molar-refractivity contribution is 0.0526. The Hall–Kier alpha value is -2.70. The van der Waals surface area contributed by atoms with Crippen LogP contribution in [0.15, 0.2) is 29.4 Å². The first-order chi connectivity index (χ1) is 10.5. The number of carbonyl (C=O) groups excluding carboxylic acids is 1. The molecule has 22 heavy (non-hydrogen) atoms. The molecule has 0 saturated heterocycles. The monoisotopic (exact) mass is 304 g/mol. The highest BCUT2D eigenvalue weighted by Gasteiger charge is 2.19. The number of nitrogens with one attached hydrogen (secondary N) is 2. The summed E-state index contributed by atoms with van der Waals surface area (Å²) in [4.78, 5) is 11.9. The van der Waals surface area contributed by atoms with E-state index in [9.17, 15) is 9.18 Å². The maximum absolute atomic E-state index is 12.9. The molecule has 0 aliphatic rings. The molecule has 0 spiro atoms. The first kappa shape index (κ1) is 15.7. The Morgan fingerprint density at radius 3 is 2.73 bits per heavy atom. The second kappa shape index (κ2) is 6.84. The summed E-state index contributed by atoms with van der Waals surface area (Å²) in [6.07, 6.45) is 0. The zero-order valence-electron chi connectivity index (χ0n) is 12.6. The van der Waals surface area contributed by atoms with Gasteiger partial charge in [-0.3, -0.25) is 10.5 Å². The number of rotatable bonds is 5. The van der Waals surface area contributed by atoms with Crippen molar-refractivity contribution in [1.29, 1.82) is 0 Å². The van der Waals surface area contributed by atoms with Crippen LogP contribution in [-0.4, -0.2) is 28.5 Å². The average Bonchev–Trinajstić information content (AvgIpc) is 2.86. The number of aromatic amines is 1. The second-order valence-corrected chi connectivity index (χ2v) is 4.61. The molecule has 0 saturated carbocycles. The maximum Gasteiger partial charge on any atom is 0.343 e. The number of anilines is 1. The molecule has 0 atom stereocenters. The van der Waals surface area contributed by atoms with Crippen molar-refractivity contribution in [2.75, 3.05) is 12.0 Å². The number of aryl methyl sites for hydroxylation is 1. The van der Waals surface area contributed by atoms with Crippen LogP contribution >= 0.6 is 0 Å². The van der Waals surface area contributed by atoms with E-state index in [2.05, 4.69) is 20.7 Å². The molecule has 2 aromatic rings. The molecule has 1 heterocycles. The molecule has 0 aliphatic heterocycles. The molecule has 0 bridgehead atoms. The number of ether oxygens (including phenoxy) is 1. The normalized spacial score (nSPS) is 11.4. The van der Waals surface area contributed by atoms with Crippen LogP contribution in [0.4, 0.5) is 10.2 Å². The summed E-state index contributed by atoms with van der Waals surface area (Å²) in [5, 5.41) is 10.9. The molecule has 6 nitrogen and oxygen atoms in total. The van der Waals surface area contributed by atoms with Crippen LogP contribution in [0.2, 0.25) is 0 Å². The Kier molecular flexibility index (Phi) is 4.88. The predicted octanol–water partition coefficient (Wildman–Crippen LogP) is 2.87. The third-order valence-electron chi connectivity index (χ3n) is 3.02. The molecule has 0 radical (unpaired) electrons. The van der Waals surface area contributed by atoms with E-state index >= 15 is 0 Å². The maximum atomic E-state index is 12.9. The largest absolute Gasteiger partial charge is 0.462 e. The quantitative estimate of drug-likeness (QED) is 0.506. The lowest BCUT2D eigenvalue weighted by atomic mass is 10.1. The summed E-state index contributed by atoms with van der Waals surface area (Å²) in [6, 6.07) is 5.96. The molecule has 1 aromatic carbocycles. The van der Waals surface area contributed by atoms with Gasteiger partial charge in [-0.15, -0.1) is 0 Å². The first-order valence-electron chi connectivity index (χ1n) is 6.81. The third-order valence-corrected chi connectivity index (χ3v) is 3.02. The highest BCUT2D eigenvalue weighted by molar-refractivity contribution is 6.00. The van der Waals surface area contributed by atoms with Crippen molar-refractivity contribution in [3.63, 3.8) is 0 Å². The number of hydrogen-bond donors (Lipinski definition) is 2. The number of aromatic nitrogens is 2. The van der Waals surface area contributed by atoms with Gasteiger partial charge in [0.25, 0.3) is 0 Å². The Balaban J connectivity index is 2.19. The van der Waals surface area contributed by atoms with Crippen molar-refractivity contribution in [3.8, 4) is 0 Å². The highest BCUT2D eigenvalue weighted by atomic mass is 19.1. The van der Waals surface area contributed by atoms with Crippen molar-refractivity contribution >= 4 is 17.5 Å². The Morgan fingerprint density at radius 1 is 1.41 bits per heavy atom. The van der Waals surface area contributed by atoms with Gasteiger partial charge < -0.3 is 4.74 Å². The van der Waals surface area contributed by atoms with Crippen LogP contribution in [0.5, 0.6) is 0 Å². The van der Waals surface area contributed by atoms with Crippen LogP contribution in [0, 0.1) is 12.7 Å². The lowest BCUT2D eigenvalue weighted by Crippen LogP contribution is -2.08. The molecule has 1 aromatic heterocycles. The van der Waals surface area contributed by atoms with E-state index in [1.165, 1.54) is 12.1 Å². The van der Waals surface area contributed by atoms with Gasteiger partial charge in [0.05, 0.1) is 12.3 Å². The molecule has 0 fully saturated rings. The molecule has 0 aliphatic carbocycles. The average molecular weight is 304 g/mol. The fourth-order valence-electron chi connectivity index (χ4n) is 1.86. The molecule has 0 unspecified atom stereocenters. The molecule has 116 valence electrons. The van der Waals surface area contributed by atoms with Gasteiger partial charge in [0.1, 0.15) is 11.4 Å². The van der Waals surface area contributed by atoms with Gasteiger partial charge in [-0.2, -0.15) is 10.2 Å². The van der Waals surface area contributed by atoms with Crippen molar-refractivity contribution in [1.82, 2.24) is 10.2 Å². The van der Waals surface area contributed by atoms with E-state index in [1.807, 2.05) is 0 Å². The minimum atomic E-state index is -0.467. The lowest BCUT2D eigenvalue weighted by Gasteiger charge is -2.04. The molecular formula is C15H17FN4O2. The third kappa shape index (κ3) is 3.49. The number of hydrogen-bond acceptors (Lipinski definition) is 5. The summed E-state index contributed by atoms with van der Waals surface area (Å²) in [7, 11) is 0. The minimum Gasteiger partial charge on any atom is -0.462 e. The predicted molar refractivity (Wildman–Crippen MR) is 81.5 cm³/mol. The Labute approximate surface area is 127 Å². The molecule has 2 rings (SSSR count). The van der Waals surface area contributed by atoms with Crippen LogP contribution < -0.4 is 5.43 Å². The standard InChI is InChI=1S/C15H17FN4O2/c1-4-22-15(21)13-10(3)18-20-14(13)19-17-9(2)11-5-7-12(16)8-6-11/h5-8H,4H2,1-3H3,(H2,18,19,20)/b17-9-. The number of hydrazone groups is 1. The van der Waals surface area contributed by atoms with Gasteiger partial charge in [-0.1, -0.05) is 12.1 Å². The van der Waals surface area contributed by atoms with E-state index < -0.39 is 5.97 Å². The summed E-state index contributed by atoms with van der Waals surface area (Å²) in [5.41, 5.74) is 5.05. The molecule has 2 N–H and O–H groups in total. The summed E-state index contributed by atoms with van der Waals surface area (Å²) >= 11 is 0. The highest BCUT2D eigenvalue weighted by Crippen LogP contribution is 2.17. The first-order valence-corrected chi connectivity index (χ1v) is 6.81. The van der Waals surface area contributed by atoms with Gasteiger partial charge in [0.2, 0.25) is 0 Å². The topological polar surface area (TPSA) is 79.4 Å². The molecular weight excluding hydrogens is 287 g/mol. The molecule has 7 heteroatoms. The number of carbonyl (C=O) groups is 1. The number of esters is 1. The van der Waals surface area contributed by atoms with E-state index in [0.29, 0.717) is 17.0 Å². The van der Waals surface area contributed by atoms with Gasteiger partial charge in [0.15, 0.2) is 5.82 Å². The zero-order chi connectivity index (χ0) is 16.1. The van der Waals surface area contributed by atoms with Crippen molar-refractivity contribution in [3.05, 3.63) is 46.9 Å². The van der Waals surface area contributed by atoms with Crippen LogP contribution in [0.1, 0.15) is 35.5 Å². The van der Waals surface area contributed by atoms with Crippen LogP contribution in [0.25, 0.3) is 0 Å². The summed E-state index contributed by atoms with van der Waals surface area (Å²) < 4.78 is 17.9. The SMILES string of the molecule is CCOC(=O)c1c(N/N=C(/C)c2ccc(F)cc2)n[nH]c1C. The van der Waals surface area contributed by atoms with Crippen molar-refractivity contribution in [2.24, 2.45) is 5.10 Å². The smallest absolute Gasteiger partial charge is 0.343 e. The van der Waals surface area contributed by atoms with Gasteiger partial charge in [-0.25, -0.2) is 9.18 Å². The van der Waals surface area contributed by atoms with Crippen LogP contribution in [0.3, 0.4) is 0 Å². The number of halogens is 1. The number of H-pyrrole nitrogens is 1. The summed E-state index contributed by atoms with van der Waals surface area (Å²) in [5.74, 6) is -0.486. The van der Waals surface area contributed by atoms with Crippen molar-refractivity contribution in [2.45, 2.75) is 20.8 Å². The fourth-order valence-corrected chi connectivity index (χ4v) is 1.86. The second-order valence-electron chi connectivity index (χ2n) is 4.61. The van der Waals surface area contributed by atoms with Gasteiger partial charge in [-0.05, 0) is 38.5 Å². The summed E-state index contributed by atoms with van der Waals surface area (Å²) in [6.45, 7) is 5.50. The van der Waals surface area contributed by atoms with Crippen LogP contribution in [-0.2, 0) is 4.74 Å². The fraction of sp³-hybridized carbons (Fsp3) is 0.267. The zero-order valence-corrected chi connectivity index (χ0v) is 12.6. The van der Waals surface area contributed by atoms with Gasteiger partial charge >= 0.3 is 5.97 Å². The van der Waals surface area contributed by atoms with Gasteiger partial charge in [0, 0.05) is 5.69 Å². The van der Waals surface area contributed by atoms with E-state index in [1.54, 1.807) is 32.9 Å². The Morgan fingerprint density at radius 2 is 2.09 bits per heavy atom. The van der Waals surface area contributed by atoms with Crippen molar-refractivity contribution < 1.29 is 13.9 Å². The molecule has 0 amide bonds. The van der Waals surface area contributed by atoms with E-state index in [-0.39, 0.29) is 18.2 Å².